The summed E-state index contributed by atoms with van der Waals surface area (Å²) in [4.78, 5) is 37.0. The van der Waals surface area contributed by atoms with Crippen molar-refractivity contribution in [1.29, 1.82) is 0 Å². The van der Waals surface area contributed by atoms with Gasteiger partial charge in [0.15, 0.2) is 0 Å². The van der Waals surface area contributed by atoms with E-state index in [2.05, 4.69) is 12.2 Å². The lowest BCUT2D eigenvalue weighted by Crippen LogP contribution is -2.46. The van der Waals surface area contributed by atoms with Crippen LogP contribution in [0.15, 0.2) is 12.2 Å². The van der Waals surface area contributed by atoms with E-state index in [9.17, 15) is 14.4 Å². The van der Waals surface area contributed by atoms with Crippen molar-refractivity contribution >= 4 is 17.7 Å². The first-order chi connectivity index (χ1) is 8.52. The predicted octanol–water partition coefficient (Wildman–Crippen LogP) is 0.0574. The molecule has 0 aromatic rings. The van der Waals surface area contributed by atoms with Crippen LogP contribution in [0, 0.1) is 23.7 Å². The largest absolute Gasteiger partial charge is 0.368 e. The Hall–Kier alpha value is -1.65. The molecule has 96 valence electrons. The van der Waals surface area contributed by atoms with Gasteiger partial charge in [0.25, 0.3) is 0 Å². The topological polar surface area (TPSA) is 80.5 Å². The van der Waals surface area contributed by atoms with Gasteiger partial charge in [0.1, 0.15) is 6.04 Å². The zero-order valence-electron chi connectivity index (χ0n) is 10.2. The summed E-state index contributed by atoms with van der Waals surface area (Å²) >= 11 is 0. The summed E-state index contributed by atoms with van der Waals surface area (Å²) in [6.45, 7) is 1.52. The maximum absolute atomic E-state index is 12.3. The highest BCUT2D eigenvalue weighted by Crippen LogP contribution is 2.49. The lowest BCUT2D eigenvalue weighted by molar-refractivity contribution is -0.146. The van der Waals surface area contributed by atoms with E-state index in [1.807, 2.05) is 0 Å². The molecule has 4 aliphatic rings. The lowest BCUT2D eigenvalue weighted by Gasteiger charge is -2.38. The molecule has 18 heavy (non-hydrogen) atoms. The molecule has 1 heterocycles. The molecule has 1 aliphatic heterocycles. The molecule has 1 saturated carbocycles. The molecule has 1 saturated heterocycles. The third kappa shape index (κ3) is 1.30. The summed E-state index contributed by atoms with van der Waals surface area (Å²) in [5.41, 5.74) is 5.21. The monoisotopic (exact) mass is 248 g/mol. The van der Waals surface area contributed by atoms with Crippen molar-refractivity contribution in [2.45, 2.75) is 25.8 Å². The highest BCUT2D eigenvalue weighted by molar-refractivity contribution is 6.08. The van der Waals surface area contributed by atoms with Crippen molar-refractivity contribution in [2.24, 2.45) is 29.4 Å². The van der Waals surface area contributed by atoms with Crippen LogP contribution in [0.2, 0.25) is 0 Å². The fraction of sp³-hybridized carbons (Fsp3) is 0.615. The number of nitrogens with two attached hydrogens (primary N) is 1. The minimum absolute atomic E-state index is 0.154. The van der Waals surface area contributed by atoms with Crippen molar-refractivity contribution in [2.75, 3.05) is 0 Å². The molecule has 3 aliphatic carbocycles. The van der Waals surface area contributed by atoms with Gasteiger partial charge in [-0.05, 0) is 31.6 Å². The first-order valence-electron chi connectivity index (χ1n) is 6.37. The lowest BCUT2D eigenvalue weighted by atomic mass is 9.63. The normalized spacial score (nSPS) is 39.1. The third-order valence-corrected chi connectivity index (χ3v) is 4.59. The number of carbonyl (C=O) groups is 3. The van der Waals surface area contributed by atoms with E-state index >= 15 is 0 Å². The summed E-state index contributed by atoms with van der Waals surface area (Å²) < 4.78 is 0. The Bertz CT molecular complexity index is 439. The minimum Gasteiger partial charge on any atom is -0.368 e. The molecule has 5 atom stereocenters. The van der Waals surface area contributed by atoms with Crippen LogP contribution in [-0.4, -0.2) is 28.7 Å². The fourth-order valence-electron chi connectivity index (χ4n) is 3.61. The molecule has 5 heteroatoms. The first-order valence-corrected chi connectivity index (χ1v) is 6.37. The van der Waals surface area contributed by atoms with Crippen molar-refractivity contribution in [3.63, 3.8) is 0 Å². The van der Waals surface area contributed by atoms with Gasteiger partial charge in [-0.15, -0.1) is 0 Å². The summed E-state index contributed by atoms with van der Waals surface area (Å²) in [5, 5.41) is 0. The standard InChI is InChI=1S/C13H16N2O3/c1-6(11(14)16)15-12(17)9-7-2-3-8(5-4-7)10(9)13(15)18/h2-3,6-10H,4-5H2,1H3,(H2,14,16)/t6-,7-,8-,9-,10+/m0/s1. The highest BCUT2D eigenvalue weighted by Gasteiger charge is 2.57. The molecule has 0 unspecified atom stereocenters. The predicted molar refractivity (Wildman–Crippen MR) is 62.8 cm³/mol. The van der Waals surface area contributed by atoms with Crippen LogP contribution in [0.1, 0.15) is 19.8 Å². The number of amides is 3. The van der Waals surface area contributed by atoms with Crippen LogP contribution in [0.5, 0.6) is 0 Å². The number of primary amides is 1. The van der Waals surface area contributed by atoms with Crippen LogP contribution < -0.4 is 5.73 Å². The maximum atomic E-state index is 12.3. The second-order valence-electron chi connectivity index (χ2n) is 5.47. The molecule has 4 rings (SSSR count). The average molecular weight is 248 g/mol. The van der Waals surface area contributed by atoms with Crippen LogP contribution in [0.25, 0.3) is 0 Å². The van der Waals surface area contributed by atoms with Gasteiger partial charge in [-0.1, -0.05) is 12.2 Å². The molecule has 3 amide bonds. The van der Waals surface area contributed by atoms with Crippen molar-refractivity contribution in [3.05, 3.63) is 12.2 Å². The van der Waals surface area contributed by atoms with Crippen molar-refractivity contribution in [1.82, 2.24) is 4.90 Å². The van der Waals surface area contributed by atoms with Crippen LogP contribution in [0.4, 0.5) is 0 Å². The Morgan fingerprint density at radius 2 is 1.67 bits per heavy atom. The molecule has 5 nitrogen and oxygen atoms in total. The molecule has 2 N–H and O–H groups in total. The fourth-order valence-corrected chi connectivity index (χ4v) is 3.61. The van der Waals surface area contributed by atoms with Crippen molar-refractivity contribution < 1.29 is 14.4 Å². The quantitative estimate of drug-likeness (QED) is 0.554. The first kappa shape index (κ1) is 11.4. The highest BCUT2D eigenvalue weighted by atomic mass is 16.2. The number of carbonyl (C=O) groups excluding carboxylic acids is 3. The summed E-state index contributed by atoms with van der Waals surface area (Å²) in [6.07, 6.45) is 6.03. The van der Waals surface area contributed by atoms with E-state index in [-0.39, 0.29) is 35.5 Å². The molecular weight excluding hydrogens is 232 g/mol. The molecule has 0 aromatic carbocycles. The van der Waals surface area contributed by atoms with Gasteiger partial charge in [0.2, 0.25) is 17.7 Å². The Balaban J connectivity index is 1.97. The smallest absolute Gasteiger partial charge is 0.240 e. The number of allylic oxidation sites excluding steroid dienone is 2. The van der Waals surface area contributed by atoms with E-state index in [1.54, 1.807) is 0 Å². The summed E-state index contributed by atoms with van der Waals surface area (Å²) in [7, 11) is 0. The number of imide groups is 1. The molecule has 0 spiro atoms. The van der Waals surface area contributed by atoms with E-state index in [0.29, 0.717) is 0 Å². The number of rotatable bonds is 2. The van der Waals surface area contributed by atoms with Crippen LogP contribution >= 0.6 is 0 Å². The molecular formula is C13H16N2O3. The number of nitrogens with zero attached hydrogens (tertiary/aromatic N) is 1. The molecule has 2 bridgehead atoms. The molecule has 0 radical (unpaired) electrons. The van der Waals surface area contributed by atoms with Crippen LogP contribution in [0.3, 0.4) is 0 Å². The Morgan fingerprint density at radius 1 is 1.22 bits per heavy atom. The SMILES string of the molecule is C[C@@H](C(N)=O)N1C(=O)[C@@H]2[C@H](C1=O)[C@H]1C=C[C@H]2CC1. The van der Waals surface area contributed by atoms with Gasteiger partial charge >= 0.3 is 0 Å². The number of hydrogen-bond acceptors (Lipinski definition) is 3. The van der Waals surface area contributed by atoms with Gasteiger partial charge in [-0.25, -0.2) is 0 Å². The summed E-state index contributed by atoms with van der Waals surface area (Å²) in [5.74, 6) is -1.27. The second-order valence-corrected chi connectivity index (χ2v) is 5.47. The average Bonchev–Trinajstić information content (AvgIpc) is 2.65. The van der Waals surface area contributed by atoms with Gasteiger partial charge in [0, 0.05) is 0 Å². The zero-order valence-corrected chi connectivity index (χ0v) is 10.2. The number of likely N-dealkylation sites (tertiary alicyclic amines) is 1. The number of fused-ring (bicyclic) bond motifs is 1. The molecule has 2 fully saturated rings. The Labute approximate surface area is 105 Å². The third-order valence-electron chi connectivity index (χ3n) is 4.59. The summed E-state index contributed by atoms with van der Waals surface area (Å²) in [6, 6.07) is -0.838. The molecule has 0 aromatic heterocycles. The van der Waals surface area contributed by atoms with Crippen molar-refractivity contribution in [3.8, 4) is 0 Å². The maximum Gasteiger partial charge on any atom is 0.240 e. The van der Waals surface area contributed by atoms with Gasteiger partial charge in [0.05, 0.1) is 11.8 Å². The number of hydrogen-bond donors (Lipinski definition) is 1. The van der Waals surface area contributed by atoms with E-state index in [4.69, 9.17) is 5.73 Å². The van der Waals surface area contributed by atoms with Gasteiger partial charge in [-0.3, -0.25) is 19.3 Å². The zero-order chi connectivity index (χ0) is 13.0. The Kier molecular flexibility index (Phi) is 2.33. The van der Waals surface area contributed by atoms with Gasteiger partial charge < -0.3 is 5.73 Å². The second kappa shape index (κ2) is 3.67. The van der Waals surface area contributed by atoms with E-state index in [1.165, 1.54) is 6.92 Å². The van der Waals surface area contributed by atoms with Crippen LogP contribution in [-0.2, 0) is 14.4 Å². The van der Waals surface area contributed by atoms with E-state index in [0.717, 1.165) is 17.7 Å². The van der Waals surface area contributed by atoms with Gasteiger partial charge in [-0.2, -0.15) is 0 Å². The minimum atomic E-state index is -0.838. The van der Waals surface area contributed by atoms with E-state index < -0.39 is 11.9 Å². The Morgan fingerprint density at radius 3 is 2.00 bits per heavy atom.